The van der Waals surface area contributed by atoms with Crippen LogP contribution in [-0.4, -0.2) is 20.2 Å². The monoisotopic (exact) mass is 578 g/mol. The Kier molecular flexibility index (Phi) is 7.93. The number of aryl methyl sites for hydroxylation is 2. The van der Waals surface area contributed by atoms with Crippen molar-refractivity contribution in [2.45, 2.75) is 151 Å². The summed E-state index contributed by atoms with van der Waals surface area (Å²) in [4.78, 5) is 13.6. The second-order valence-electron chi connectivity index (χ2n) is 18.1. The predicted octanol–water partition coefficient (Wildman–Crippen LogP) is 10.6. The van der Waals surface area contributed by atoms with E-state index in [-0.39, 0.29) is 21.8 Å². The Morgan fingerprint density at radius 2 is 1.44 bits per heavy atom. The van der Waals surface area contributed by atoms with E-state index >= 15 is 0 Å². The Balaban J connectivity index is 1.39. The van der Waals surface area contributed by atoms with E-state index in [1.807, 2.05) is 0 Å². The molecule has 0 aromatic heterocycles. The summed E-state index contributed by atoms with van der Waals surface area (Å²) in [6.07, 6.45) is 12.0. The van der Waals surface area contributed by atoms with E-state index in [2.05, 4.69) is 99.7 Å². The Bertz CT molecular complexity index is 1150. The summed E-state index contributed by atoms with van der Waals surface area (Å²) in [7, 11) is -1.83. The van der Waals surface area contributed by atoms with Crippen molar-refractivity contribution in [1.29, 1.82) is 0 Å². The fraction of sp³-hybridized carbons (Fsp3) is 0.816. The summed E-state index contributed by atoms with van der Waals surface area (Å²) in [6.45, 7) is 27.2. The normalized spacial score (nSPS) is 40.9. The van der Waals surface area contributed by atoms with Crippen LogP contribution in [0.4, 0.5) is 0 Å². The first-order valence-corrected chi connectivity index (χ1v) is 20.0. The van der Waals surface area contributed by atoms with E-state index in [1.165, 1.54) is 49.7 Å². The molecule has 0 radical (unpaired) electrons. The summed E-state index contributed by atoms with van der Waals surface area (Å²) < 4.78 is 7.21. The number of carbonyl (C=O) groups is 1. The lowest BCUT2D eigenvalue weighted by atomic mass is 9.34. The van der Waals surface area contributed by atoms with Gasteiger partial charge in [0.25, 0.3) is 0 Å². The molecule has 1 aromatic carbocycles. The highest BCUT2D eigenvalue weighted by Gasteiger charge is 2.67. The molecule has 0 heterocycles. The third-order valence-corrected chi connectivity index (χ3v) is 19.0. The Labute approximate surface area is 254 Å². The molecular formula is C38H62O2Si. The van der Waals surface area contributed by atoms with Crippen LogP contribution in [0.15, 0.2) is 24.3 Å². The summed E-state index contributed by atoms with van der Waals surface area (Å²) in [5.41, 5.74) is 3.77. The molecule has 5 rings (SSSR count). The fourth-order valence-electron chi connectivity index (χ4n) is 11.3. The van der Waals surface area contributed by atoms with Crippen LogP contribution in [0.25, 0.3) is 0 Å². The van der Waals surface area contributed by atoms with Gasteiger partial charge in [-0.05, 0) is 128 Å². The molecule has 0 N–H and O–H groups in total. The van der Waals surface area contributed by atoms with Gasteiger partial charge in [-0.3, -0.25) is 4.79 Å². The standard InChI is InChI=1S/C38H62O2Si/c1-26-13-12-14-27(25-26)15-16-28-29(39)17-18-31-36(28,7)22-20-32-37(8)24-21-33(40-41(10,11)34(2,3)4)35(5,6)30(37)19-23-38(31,32)9/h12-14,25,28,30-33H,15-24H2,1-11H3/t28-,30-,31+,32+,33-,36+,37-,38-/m0/s1. The smallest absolute Gasteiger partial charge is 0.192 e. The van der Waals surface area contributed by atoms with Crippen LogP contribution in [0.1, 0.15) is 124 Å². The molecular weight excluding hydrogens is 517 g/mol. The number of ketones is 1. The van der Waals surface area contributed by atoms with Crippen molar-refractivity contribution in [1.82, 2.24) is 0 Å². The van der Waals surface area contributed by atoms with Crippen molar-refractivity contribution in [3.05, 3.63) is 35.4 Å². The molecule has 0 spiro atoms. The third kappa shape index (κ3) is 5.05. The first-order valence-electron chi connectivity index (χ1n) is 17.1. The topological polar surface area (TPSA) is 26.3 Å². The maximum Gasteiger partial charge on any atom is 0.192 e. The van der Waals surface area contributed by atoms with Gasteiger partial charge in [-0.2, -0.15) is 0 Å². The van der Waals surface area contributed by atoms with Gasteiger partial charge in [0, 0.05) is 12.3 Å². The maximum atomic E-state index is 13.6. The van der Waals surface area contributed by atoms with Gasteiger partial charge in [0.1, 0.15) is 5.78 Å². The number of fused-ring (bicyclic) bond motifs is 5. The Hall–Kier alpha value is -0.933. The molecule has 0 aliphatic heterocycles. The second-order valence-corrected chi connectivity index (χ2v) is 22.8. The van der Waals surface area contributed by atoms with E-state index in [4.69, 9.17) is 4.43 Å². The van der Waals surface area contributed by atoms with Crippen LogP contribution in [0.2, 0.25) is 18.1 Å². The van der Waals surface area contributed by atoms with Crippen molar-refractivity contribution in [2.75, 3.05) is 0 Å². The molecule has 41 heavy (non-hydrogen) atoms. The zero-order valence-electron chi connectivity index (χ0n) is 28.6. The number of hydrogen-bond donors (Lipinski definition) is 0. The van der Waals surface area contributed by atoms with Gasteiger partial charge in [-0.1, -0.05) is 85.2 Å². The molecule has 230 valence electrons. The molecule has 8 atom stereocenters. The first kappa shape index (κ1) is 31.5. The Morgan fingerprint density at radius 1 is 0.854 bits per heavy atom. The largest absolute Gasteiger partial charge is 0.413 e. The van der Waals surface area contributed by atoms with Crippen molar-refractivity contribution >= 4 is 14.1 Å². The summed E-state index contributed by atoms with van der Waals surface area (Å²) >= 11 is 0. The van der Waals surface area contributed by atoms with E-state index in [9.17, 15) is 4.79 Å². The minimum Gasteiger partial charge on any atom is -0.413 e. The quantitative estimate of drug-likeness (QED) is 0.325. The molecule has 4 aliphatic carbocycles. The third-order valence-electron chi connectivity index (χ3n) is 14.5. The highest BCUT2D eigenvalue weighted by molar-refractivity contribution is 6.74. The lowest BCUT2D eigenvalue weighted by molar-refractivity contribution is -0.222. The van der Waals surface area contributed by atoms with Crippen molar-refractivity contribution in [2.24, 2.45) is 45.3 Å². The number of benzene rings is 1. The predicted molar refractivity (Wildman–Crippen MR) is 176 cm³/mol. The van der Waals surface area contributed by atoms with Gasteiger partial charge >= 0.3 is 0 Å². The molecule has 4 fully saturated rings. The molecule has 3 heteroatoms. The first-order chi connectivity index (χ1) is 18.9. The van der Waals surface area contributed by atoms with Gasteiger partial charge in [0.2, 0.25) is 0 Å². The number of carbonyl (C=O) groups excluding carboxylic acids is 1. The minimum atomic E-state index is -1.83. The second kappa shape index (κ2) is 10.3. The van der Waals surface area contributed by atoms with E-state index in [0.29, 0.717) is 34.6 Å². The molecule has 0 bridgehead atoms. The van der Waals surface area contributed by atoms with Crippen LogP contribution in [0.3, 0.4) is 0 Å². The van der Waals surface area contributed by atoms with Gasteiger partial charge in [0.15, 0.2) is 8.32 Å². The van der Waals surface area contributed by atoms with E-state index in [1.54, 1.807) is 0 Å². The van der Waals surface area contributed by atoms with Gasteiger partial charge < -0.3 is 4.43 Å². The van der Waals surface area contributed by atoms with E-state index in [0.717, 1.165) is 31.6 Å². The summed E-state index contributed by atoms with van der Waals surface area (Å²) in [5, 5.41) is 0.247. The van der Waals surface area contributed by atoms with Crippen LogP contribution in [0, 0.1) is 52.3 Å². The van der Waals surface area contributed by atoms with Crippen LogP contribution < -0.4 is 0 Å². The summed E-state index contributed by atoms with van der Waals surface area (Å²) in [6, 6.07) is 8.93. The molecule has 0 amide bonds. The van der Waals surface area contributed by atoms with Crippen molar-refractivity contribution in [3.8, 4) is 0 Å². The fourth-order valence-corrected chi connectivity index (χ4v) is 12.8. The summed E-state index contributed by atoms with van der Waals surface area (Å²) in [5.74, 6) is 2.91. The van der Waals surface area contributed by atoms with Crippen LogP contribution >= 0.6 is 0 Å². The zero-order chi connectivity index (χ0) is 30.2. The zero-order valence-corrected chi connectivity index (χ0v) is 29.6. The lowest BCUT2D eigenvalue weighted by Gasteiger charge is -2.70. The van der Waals surface area contributed by atoms with E-state index < -0.39 is 8.32 Å². The maximum absolute atomic E-state index is 13.6. The van der Waals surface area contributed by atoms with Crippen molar-refractivity contribution < 1.29 is 9.22 Å². The highest BCUT2D eigenvalue weighted by Crippen LogP contribution is 2.73. The molecule has 2 nitrogen and oxygen atoms in total. The molecule has 4 saturated carbocycles. The average molecular weight is 579 g/mol. The number of Topliss-reactive ketones (excluding diaryl/α,β-unsaturated/α-hetero) is 1. The van der Waals surface area contributed by atoms with Crippen LogP contribution in [-0.2, 0) is 15.6 Å². The number of rotatable bonds is 5. The number of hydrogen-bond acceptors (Lipinski definition) is 2. The molecule has 0 saturated heterocycles. The van der Waals surface area contributed by atoms with Gasteiger partial charge in [0.05, 0.1) is 6.10 Å². The average Bonchev–Trinajstić information content (AvgIpc) is 2.84. The van der Waals surface area contributed by atoms with Crippen LogP contribution in [0.5, 0.6) is 0 Å². The Morgan fingerprint density at radius 3 is 2.10 bits per heavy atom. The van der Waals surface area contributed by atoms with Gasteiger partial charge in [-0.25, -0.2) is 0 Å². The molecule has 0 unspecified atom stereocenters. The highest BCUT2D eigenvalue weighted by atomic mass is 28.4. The molecule has 4 aliphatic rings. The van der Waals surface area contributed by atoms with Gasteiger partial charge in [-0.15, -0.1) is 0 Å². The lowest BCUT2D eigenvalue weighted by Crippen LogP contribution is -2.65. The minimum absolute atomic E-state index is 0.145. The molecule has 1 aromatic rings. The van der Waals surface area contributed by atoms with Crippen molar-refractivity contribution in [3.63, 3.8) is 0 Å². The SMILES string of the molecule is Cc1cccc(CC[C@H]2C(=O)CC[C@H]3[C@]4(C)CC[C@H]5C(C)(C)[C@@H](O[Si](C)(C)C(C)(C)C)CC[C@]5(C)[C@H]4CC[C@@]32C)c1.